The first-order chi connectivity index (χ1) is 11.1. The number of ether oxygens (including phenoxy) is 1. The van der Waals surface area contributed by atoms with Crippen LogP contribution in [0.2, 0.25) is 5.02 Å². The summed E-state index contributed by atoms with van der Waals surface area (Å²) in [7, 11) is 0. The number of nitrogens with one attached hydrogen (secondary N) is 1. The Bertz CT molecular complexity index is 859. The number of amides is 1. The largest absolute Gasteiger partial charge is 0.481 e. The van der Waals surface area contributed by atoms with Gasteiger partial charge in [-0.15, -0.1) is 0 Å². The fraction of sp³-hybridized carbons (Fsp3) is 0.111. The average Bonchev–Trinajstić information content (AvgIpc) is 2.55. The standard InChI is InChI=1S/C18H15ClN2O2/c1-12-7-8-15(14(19)10-12)21-17(22)11-23-16-6-2-4-13-5-3-9-20-18(13)16/h2-10H,11H2,1H3,(H,21,22). The Kier molecular flexibility index (Phi) is 4.44. The van der Waals surface area contributed by atoms with Gasteiger partial charge in [0.15, 0.2) is 6.61 Å². The molecule has 4 nitrogen and oxygen atoms in total. The molecule has 1 aromatic heterocycles. The van der Waals surface area contributed by atoms with E-state index in [1.54, 1.807) is 24.4 Å². The van der Waals surface area contributed by atoms with E-state index in [-0.39, 0.29) is 12.5 Å². The topological polar surface area (TPSA) is 51.2 Å². The number of nitrogens with zero attached hydrogens (tertiary/aromatic N) is 1. The highest BCUT2D eigenvalue weighted by molar-refractivity contribution is 6.33. The van der Waals surface area contributed by atoms with Gasteiger partial charge in [0.2, 0.25) is 0 Å². The molecule has 0 aliphatic rings. The predicted octanol–water partition coefficient (Wildman–Crippen LogP) is 4.21. The molecule has 0 fully saturated rings. The summed E-state index contributed by atoms with van der Waals surface area (Å²) in [5.74, 6) is 0.303. The highest BCUT2D eigenvalue weighted by Crippen LogP contribution is 2.24. The lowest BCUT2D eigenvalue weighted by atomic mass is 10.2. The molecule has 2 aromatic carbocycles. The summed E-state index contributed by atoms with van der Waals surface area (Å²) in [6.45, 7) is 1.83. The molecule has 23 heavy (non-hydrogen) atoms. The molecule has 1 heterocycles. The Morgan fingerprint density at radius 3 is 2.87 bits per heavy atom. The Hall–Kier alpha value is -2.59. The van der Waals surface area contributed by atoms with Crippen LogP contribution in [0, 0.1) is 6.92 Å². The molecule has 0 atom stereocenters. The number of carbonyl (C=O) groups excluding carboxylic acids is 1. The first kappa shape index (κ1) is 15.3. The van der Waals surface area contributed by atoms with E-state index in [1.165, 1.54) is 0 Å². The van der Waals surface area contributed by atoms with Crippen LogP contribution in [0.25, 0.3) is 10.9 Å². The monoisotopic (exact) mass is 326 g/mol. The SMILES string of the molecule is Cc1ccc(NC(=O)COc2cccc3cccnc23)c(Cl)c1. The van der Waals surface area contributed by atoms with Crippen molar-refractivity contribution in [2.75, 3.05) is 11.9 Å². The molecule has 0 saturated heterocycles. The van der Waals surface area contributed by atoms with Gasteiger partial charge in [0, 0.05) is 11.6 Å². The molecule has 0 saturated carbocycles. The van der Waals surface area contributed by atoms with Crippen molar-refractivity contribution in [3.05, 3.63) is 65.3 Å². The Morgan fingerprint density at radius 2 is 2.04 bits per heavy atom. The zero-order valence-electron chi connectivity index (χ0n) is 12.5. The lowest BCUT2D eigenvalue weighted by Crippen LogP contribution is -2.20. The number of benzene rings is 2. The van der Waals surface area contributed by atoms with Crippen LogP contribution in [-0.2, 0) is 4.79 Å². The fourth-order valence-electron chi connectivity index (χ4n) is 2.24. The summed E-state index contributed by atoms with van der Waals surface area (Å²) in [4.78, 5) is 16.3. The Morgan fingerprint density at radius 1 is 1.22 bits per heavy atom. The number of rotatable bonds is 4. The van der Waals surface area contributed by atoms with Gasteiger partial charge in [-0.1, -0.05) is 35.9 Å². The maximum atomic E-state index is 12.0. The van der Waals surface area contributed by atoms with Gasteiger partial charge < -0.3 is 10.1 Å². The van der Waals surface area contributed by atoms with Gasteiger partial charge in [-0.3, -0.25) is 9.78 Å². The van der Waals surface area contributed by atoms with E-state index in [0.717, 1.165) is 16.5 Å². The van der Waals surface area contributed by atoms with E-state index in [4.69, 9.17) is 16.3 Å². The quantitative estimate of drug-likeness (QED) is 0.781. The Labute approximate surface area is 139 Å². The maximum Gasteiger partial charge on any atom is 0.262 e. The van der Waals surface area contributed by atoms with Gasteiger partial charge in [0.25, 0.3) is 5.91 Å². The third kappa shape index (κ3) is 3.60. The van der Waals surface area contributed by atoms with Crippen LogP contribution in [-0.4, -0.2) is 17.5 Å². The second kappa shape index (κ2) is 6.67. The van der Waals surface area contributed by atoms with Crippen LogP contribution in [0.4, 0.5) is 5.69 Å². The van der Waals surface area contributed by atoms with E-state index >= 15 is 0 Å². The van der Waals surface area contributed by atoms with Crippen molar-refractivity contribution in [1.82, 2.24) is 4.98 Å². The molecule has 0 radical (unpaired) electrons. The number of hydrogen-bond acceptors (Lipinski definition) is 3. The van der Waals surface area contributed by atoms with Crippen LogP contribution in [0.3, 0.4) is 0 Å². The number of hydrogen-bond donors (Lipinski definition) is 1. The van der Waals surface area contributed by atoms with Crippen molar-refractivity contribution in [1.29, 1.82) is 0 Å². The molecule has 0 unspecified atom stereocenters. The van der Waals surface area contributed by atoms with Crippen LogP contribution in [0.1, 0.15) is 5.56 Å². The molecular formula is C18H15ClN2O2. The van der Waals surface area contributed by atoms with Crippen molar-refractivity contribution in [3.8, 4) is 5.75 Å². The fourth-order valence-corrected chi connectivity index (χ4v) is 2.53. The van der Waals surface area contributed by atoms with E-state index in [0.29, 0.717) is 16.5 Å². The van der Waals surface area contributed by atoms with Crippen molar-refractivity contribution in [3.63, 3.8) is 0 Å². The van der Waals surface area contributed by atoms with E-state index in [1.807, 2.05) is 37.3 Å². The minimum Gasteiger partial charge on any atom is -0.481 e. The van der Waals surface area contributed by atoms with Crippen molar-refractivity contribution in [2.24, 2.45) is 0 Å². The molecule has 116 valence electrons. The molecule has 3 rings (SSSR count). The number of fused-ring (bicyclic) bond motifs is 1. The molecule has 0 aliphatic heterocycles. The number of pyridine rings is 1. The summed E-state index contributed by atoms with van der Waals surface area (Å²) < 4.78 is 5.60. The molecule has 1 N–H and O–H groups in total. The summed E-state index contributed by atoms with van der Waals surface area (Å²) in [5.41, 5.74) is 2.34. The van der Waals surface area contributed by atoms with Gasteiger partial charge >= 0.3 is 0 Å². The lowest BCUT2D eigenvalue weighted by molar-refractivity contribution is -0.118. The van der Waals surface area contributed by atoms with Crippen LogP contribution in [0.15, 0.2) is 54.7 Å². The molecule has 1 amide bonds. The smallest absolute Gasteiger partial charge is 0.262 e. The molecular weight excluding hydrogens is 312 g/mol. The van der Waals surface area contributed by atoms with E-state index in [2.05, 4.69) is 10.3 Å². The van der Waals surface area contributed by atoms with Gasteiger partial charge in [-0.2, -0.15) is 0 Å². The van der Waals surface area contributed by atoms with E-state index in [9.17, 15) is 4.79 Å². The van der Waals surface area contributed by atoms with Crippen LogP contribution in [0.5, 0.6) is 5.75 Å². The third-order valence-corrected chi connectivity index (χ3v) is 3.67. The number of carbonyl (C=O) groups is 1. The van der Waals surface area contributed by atoms with Crippen molar-refractivity contribution in [2.45, 2.75) is 6.92 Å². The summed E-state index contributed by atoms with van der Waals surface area (Å²) in [6, 6.07) is 14.9. The molecule has 5 heteroatoms. The predicted molar refractivity (Wildman–Crippen MR) is 92.1 cm³/mol. The summed E-state index contributed by atoms with van der Waals surface area (Å²) >= 11 is 6.10. The minimum absolute atomic E-state index is 0.111. The van der Waals surface area contributed by atoms with Crippen molar-refractivity contribution < 1.29 is 9.53 Å². The maximum absolute atomic E-state index is 12.0. The van der Waals surface area contributed by atoms with Gasteiger partial charge in [-0.25, -0.2) is 0 Å². The zero-order chi connectivity index (χ0) is 16.2. The van der Waals surface area contributed by atoms with Gasteiger partial charge in [-0.05, 0) is 36.8 Å². The number of halogens is 1. The van der Waals surface area contributed by atoms with Gasteiger partial charge in [0.05, 0.1) is 10.7 Å². The minimum atomic E-state index is -0.274. The summed E-state index contributed by atoms with van der Waals surface area (Å²) in [6.07, 6.45) is 1.70. The Balaban J connectivity index is 1.69. The molecule has 0 spiro atoms. The van der Waals surface area contributed by atoms with E-state index < -0.39 is 0 Å². The van der Waals surface area contributed by atoms with Crippen molar-refractivity contribution >= 4 is 34.1 Å². The highest BCUT2D eigenvalue weighted by Gasteiger charge is 2.09. The number of anilines is 1. The van der Waals surface area contributed by atoms with Crippen LogP contribution >= 0.6 is 11.6 Å². The van der Waals surface area contributed by atoms with Gasteiger partial charge in [0.1, 0.15) is 11.3 Å². The second-order valence-corrected chi connectivity index (χ2v) is 5.56. The molecule has 3 aromatic rings. The lowest BCUT2D eigenvalue weighted by Gasteiger charge is -2.10. The zero-order valence-corrected chi connectivity index (χ0v) is 13.3. The third-order valence-electron chi connectivity index (χ3n) is 3.35. The number of para-hydroxylation sites is 1. The molecule has 0 aliphatic carbocycles. The first-order valence-corrected chi connectivity index (χ1v) is 7.54. The molecule has 0 bridgehead atoms. The number of aromatic nitrogens is 1. The average molecular weight is 327 g/mol. The number of aryl methyl sites for hydroxylation is 1. The first-order valence-electron chi connectivity index (χ1n) is 7.16. The summed E-state index contributed by atoms with van der Waals surface area (Å²) in [5, 5.41) is 4.21. The highest BCUT2D eigenvalue weighted by atomic mass is 35.5. The van der Waals surface area contributed by atoms with Crippen LogP contribution < -0.4 is 10.1 Å². The second-order valence-electron chi connectivity index (χ2n) is 5.15. The normalized spacial score (nSPS) is 10.5.